The third-order valence-electron chi connectivity index (χ3n) is 2.64. The molecule has 1 unspecified atom stereocenters. The molecule has 0 aliphatic carbocycles. The largest absolute Gasteiger partial charge is 0.480 e. The number of hydrogen-bond acceptors (Lipinski definition) is 4. The molecule has 1 amide bonds. The average molecular weight is 246 g/mol. The third kappa shape index (κ3) is 3.68. The van der Waals surface area contributed by atoms with Crippen molar-refractivity contribution in [2.24, 2.45) is 0 Å². The van der Waals surface area contributed by atoms with Crippen LogP contribution in [0, 0.1) is 0 Å². The predicted octanol–water partition coefficient (Wildman–Crippen LogP) is -0.0333. The Labute approximate surface area is 99.8 Å². The van der Waals surface area contributed by atoms with E-state index in [-0.39, 0.29) is 5.91 Å². The van der Waals surface area contributed by atoms with Gasteiger partial charge in [0.2, 0.25) is 5.91 Å². The first-order valence-electron chi connectivity index (χ1n) is 5.27. The molecule has 0 bridgehead atoms. The molecule has 0 saturated carbocycles. The summed E-state index contributed by atoms with van der Waals surface area (Å²) in [6.07, 6.45) is 0.390. The molecule has 1 atom stereocenters. The quantitative estimate of drug-likeness (QED) is 0.754. The Morgan fingerprint density at radius 2 is 2.19 bits per heavy atom. The molecule has 0 spiro atoms. The number of carboxylic acid groups (broad SMARTS) is 1. The van der Waals surface area contributed by atoms with Gasteiger partial charge in [0.1, 0.15) is 6.04 Å². The fourth-order valence-corrected chi connectivity index (χ4v) is 2.70. The first kappa shape index (κ1) is 13.3. The van der Waals surface area contributed by atoms with E-state index in [1.54, 1.807) is 25.9 Å². The Hall–Kier alpha value is -0.750. The van der Waals surface area contributed by atoms with Crippen LogP contribution in [0.1, 0.15) is 6.42 Å². The minimum Gasteiger partial charge on any atom is -0.480 e. The van der Waals surface area contributed by atoms with Gasteiger partial charge < -0.3 is 10.0 Å². The molecule has 0 aromatic carbocycles. The Kier molecular flexibility index (Phi) is 5.08. The Balaban J connectivity index is 2.44. The number of nitrogens with zero attached hydrogens (tertiary/aromatic N) is 2. The van der Waals surface area contributed by atoms with Gasteiger partial charge >= 0.3 is 5.97 Å². The lowest BCUT2D eigenvalue weighted by molar-refractivity contribution is -0.143. The van der Waals surface area contributed by atoms with Crippen molar-refractivity contribution >= 4 is 23.6 Å². The van der Waals surface area contributed by atoms with E-state index in [1.807, 2.05) is 4.90 Å². The van der Waals surface area contributed by atoms with Crippen molar-refractivity contribution in [3.05, 3.63) is 0 Å². The number of rotatable bonds is 4. The molecule has 6 heteroatoms. The molecule has 1 saturated heterocycles. The first-order chi connectivity index (χ1) is 7.52. The highest BCUT2D eigenvalue weighted by molar-refractivity contribution is 7.99. The van der Waals surface area contributed by atoms with E-state index in [0.29, 0.717) is 18.7 Å². The Morgan fingerprint density at radius 3 is 2.75 bits per heavy atom. The van der Waals surface area contributed by atoms with Crippen molar-refractivity contribution in [2.45, 2.75) is 12.5 Å². The van der Waals surface area contributed by atoms with E-state index < -0.39 is 12.0 Å². The molecule has 1 fully saturated rings. The van der Waals surface area contributed by atoms with E-state index >= 15 is 0 Å². The fraction of sp³-hybridized carbons (Fsp3) is 0.800. The van der Waals surface area contributed by atoms with Crippen LogP contribution >= 0.6 is 11.8 Å². The second-order valence-corrected chi connectivity index (χ2v) is 5.15. The monoisotopic (exact) mass is 246 g/mol. The number of carbonyl (C=O) groups excluding carboxylic acids is 1. The van der Waals surface area contributed by atoms with Gasteiger partial charge in [0.25, 0.3) is 0 Å². The van der Waals surface area contributed by atoms with Gasteiger partial charge in [0.15, 0.2) is 0 Å². The summed E-state index contributed by atoms with van der Waals surface area (Å²) in [6, 6.07) is -0.436. The zero-order valence-corrected chi connectivity index (χ0v) is 10.5. The van der Waals surface area contributed by atoms with Crippen LogP contribution in [0.4, 0.5) is 0 Å². The molecule has 1 aliphatic rings. The van der Waals surface area contributed by atoms with Gasteiger partial charge in [-0.1, -0.05) is 0 Å². The summed E-state index contributed by atoms with van der Waals surface area (Å²) in [4.78, 5) is 25.8. The summed E-state index contributed by atoms with van der Waals surface area (Å²) in [5.41, 5.74) is 0. The highest BCUT2D eigenvalue weighted by Crippen LogP contribution is 2.16. The van der Waals surface area contributed by atoms with E-state index in [2.05, 4.69) is 0 Å². The van der Waals surface area contributed by atoms with E-state index in [0.717, 1.165) is 12.3 Å². The fourth-order valence-electron chi connectivity index (χ4n) is 1.60. The second kappa shape index (κ2) is 6.10. The third-order valence-corrected chi connectivity index (χ3v) is 3.66. The Morgan fingerprint density at radius 1 is 1.50 bits per heavy atom. The minimum atomic E-state index is -0.787. The highest BCUT2D eigenvalue weighted by Gasteiger charge is 2.28. The van der Waals surface area contributed by atoms with Crippen LogP contribution in [0.15, 0.2) is 0 Å². The van der Waals surface area contributed by atoms with Crippen molar-refractivity contribution in [3.63, 3.8) is 0 Å². The van der Waals surface area contributed by atoms with E-state index in [9.17, 15) is 9.59 Å². The average Bonchev–Trinajstić information content (AvgIpc) is 2.25. The maximum absolute atomic E-state index is 11.4. The number of carbonyl (C=O) groups is 2. The molecular formula is C10H18N2O3S. The van der Waals surface area contributed by atoms with Crippen LogP contribution in [0.3, 0.4) is 0 Å². The summed E-state index contributed by atoms with van der Waals surface area (Å²) >= 11 is 1.66. The number of aliphatic carboxylic acids is 1. The van der Waals surface area contributed by atoms with Gasteiger partial charge in [-0.15, -0.1) is 0 Å². The summed E-state index contributed by atoms with van der Waals surface area (Å²) in [5, 5.41) is 9.03. The van der Waals surface area contributed by atoms with Gasteiger partial charge in [-0.2, -0.15) is 11.8 Å². The summed E-state index contributed by atoms with van der Waals surface area (Å²) < 4.78 is 0. The lowest BCUT2D eigenvalue weighted by atomic mass is 10.2. The Bertz CT molecular complexity index is 271. The lowest BCUT2D eigenvalue weighted by Crippen LogP contribution is -2.48. The summed E-state index contributed by atoms with van der Waals surface area (Å²) in [6.45, 7) is 1.29. The molecule has 1 aliphatic heterocycles. The molecule has 92 valence electrons. The number of carboxylic acids is 1. The predicted molar refractivity (Wildman–Crippen MR) is 63.6 cm³/mol. The maximum atomic E-state index is 11.4. The molecule has 1 N–H and O–H groups in total. The normalized spacial score (nSPS) is 21.8. The highest BCUT2D eigenvalue weighted by atomic mass is 32.2. The molecule has 1 heterocycles. The zero-order valence-electron chi connectivity index (χ0n) is 9.68. The van der Waals surface area contributed by atoms with Gasteiger partial charge in [-0.05, 0) is 0 Å². The standard InChI is InChI=1S/C10H18N2O3S/c1-11(2)9(13)3-4-12-5-6-16-7-8(12)10(14)15/h8H,3-7H2,1-2H3,(H,14,15). The van der Waals surface area contributed by atoms with Crippen LogP contribution in [0.25, 0.3) is 0 Å². The first-order valence-corrected chi connectivity index (χ1v) is 6.42. The summed E-state index contributed by atoms with van der Waals surface area (Å²) in [7, 11) is 3.42. The molecule has 0 aromatic rings. The minimum absolute atomic E-state index is 0.0439. The number of amides is 1. The van der Waals surface area contributed by atoms with Crippen molar-refractivity contribution in [3.8, 4) is 0 Å². The number of thioether (sulfide) groups is 1. The van der Waals surface area contributed by atoms with Crippen LogP contribution < -0.4 is 0 Å². The lowest BCUT2D eigenvalue weighted by Gasteiger charge is -2.32. The smallest absolute Gasteiger partial charge is 0.321 e. The topological polar surface area (TPSA) is 60.9 Å². The van der Waals surface area contributed by atoms with E-state index in [1.165, 1.54) is 4.90 Å². The maximum Gasteiger partial charge on any atom is 0.321 e. The van der Waals surface area contributed by atoms with Crippen molar-refractivity contribution < 1.29 is 14.7 Å². The van der Waals surface area contributed by atoms with Gasteiger partial charge in [0, 0.05) is 45.1 Å². The van der Waals surface area contributed by atoms with Crippen LogP contribution in [-0.4, -0.2) is 71.5 Å². The van der Waals surface area contributed by atoms with Crippen LogP contribution in [0.5, 0.6) is 0 Å². The molecule has 0 radical (unpaired) electrons. The molecule has 1 rings (SSSR count). The van der Waals surface area contributed by atoms with Gasteiger partial charge in [-0.25, -0.2) is 0 Å². The van der Waals surface area contributed by atoms with Crippen LogP contribution in [0.2, 0.25) is 0 Å². The van der Waals surface area contributed by atoms with Crippen LogP contribution in [-0.2, 0) is 9.59 Å². The molecule has 5 nitrogen and oxygen atoms in total. The van der Waals surface area contributed by atoms with Crippen molar-refractivity contribution in [1.29, 1.82) is 0 Å². The van der Waals surface area contributed by atoms with E-state index in [4.69, 9.17) is 5.11 Å². The molecule has 16 heavy (non-hydrogen) atoms. The van der Waals surface area contributed by atoms with Gasteiger partial charge in [-0.3, -0.25) is 14.5 Å². The molecular weight excluding hydrogens is 228 g/mol. The summed E-state index contributed by atoms with van der Waals surface area (Å²) in [5.74, 6) is 0.817. The SMILES string of the molecule is CN(C)C(=O)CCN1CCSCC1C(=O)O. The molecule has 0 aromatic heterocycles. The van der Waals surface area contributed by atoms with Gasteiger partial charge in [0.05, 0.1) is 0 Å². The van der Waals surface area contributed by atoms with Crippen molar-refractivity contribution in [2.75, 3.05) is 38.7 Å². The zero-order chi connectivity index (χ0) is 12.1. The second-order valence-electron chi connectivity index (χ2n) is 4.00. The number of hydrogen-bond donors (Lipinski definition) is 1. The van der Waals surface area contributed by atoms with Crippen molar-refractivity contribution in [1.82, 2.24) is 9.80 Å².